The summed E-state index contributed by atoms with van der Waals surface area (Å²) in [6.45, 7) is 3.68. The molecule has 0 aliphatic carbocycles. The number of nitrogens with one attached hydrogen (secondary N) is 1. The van der Waals surface area contributed by atoms with Crippen molar-refractivity contribution in [3.8, 4) is 5.88 Å². The van der Waals surface area contributed by atoms with Crippen LogP contribution in [0.4, 0.5) is 0 Å². The summed E-state index contributed by atoms with van der Waals surface area (Å²) in [7, 11) is 1.62. The van der Waals surface area contributed by atoms with Crippen LogP contribution in [0.5, 0.6) is 5.88 Å². The number of methoxy groups -OCH3 is 1. The second-order valence-electron chi connectivity index (χ2n) is 3.69. The summed E-state index contributed by atoms with van der Waals surface area (Å²) < 4.78 is 5.06. The molecule has 0 saturated heterocycles. The van der Waals surface area contributed by atoms with E-state index in [0.717, 1.165) is 31.6 Å². The van der Waals surface area contributed by atoms with Crippen LogP contribution in [0.25, 0.3) is 0 Å². The van der Waals surface area contributed by atoms with Crippen molar-refractivity contribution in [2.75, 3.05) is 13.7 Å². The summed E-state index contributed by atoms with van der Waals surface area (Å²) in [6, 6.07) is 5.75. The van der Waals surface area contributed by atoms with E-state index in [0.29, 0.717) is 5.88 Å². The van der Waals surface area contributed by atoms with E-state index >= 15 is 0 Å². The number of halogens is 1. The van der Waals surface area contributed by atoms with Crippen LogP contribution in [0.3, 0.4) is 0 Å². The number of pyridine rings is 1. The summed E-state index contributed by atoms with van der Waals surface area (Å²) in [5.74, 6) is 0.648. The van der Waals surface area contributed by atoms with Crippen molar-refractivity contribution in [3.63, 3.8) is 0 Å². The van der Waals surface area contributed by atoms with Gasteiger partial charge in [0.15, 0.2) is 0 Å². The molecule has 1 aromatic heterocycles. The minimum Gasteiger partial charge on any atom is -0.481 e. The fraction of sp³-hybridized carbons (Fsp3) is 0.583. The highest BCUT2D eigenvalue weighted by molar-refractivity contribution is 6.20. The summed E-state index contributed by atoms with van der Waals surface area (Å²) in [5.41, 5.74) is 0.972. The van der Waals surface area contributed by atoms with Gasteiger partial charge in [0, 0.05) is 24.5 Å². The van der Waals surface area contributed by atoms with Gasteiger partial charge in [-0.25, -0.2) is 4.98 Å². The third-order valence-corrected chi connectivity index (χ3v) is 2.64. The highest BCUT2D eigenvalue weighted by Gasteiger charge is 2.03. The molecular formula is C12H19ClN2O. The minimum absolute atomic E-state index is 0.204. The zero-order valence-electron chi connectivity index (χ0n) is 9.87. The van der Waals surface area contributed by atoms with E-state index in [1.165, 1.54) is 0 Å². The van der Waals surface area contributed by atoms with Gasteiger partial charge < -0.3 is 10.1 Å². The largest absolute Gasteiger partial charge is 0.481 e. The zero-order valence-corrected chi connectivity index (χ0v) is 10.6. The molecule has 0 aliphatic heterocycles. The molecule has 0 fully saturated rings. The standard InChI is InChI=1S/C12H19ClN2O/c1-3-5-10(13)8-14-9-11-6-4-7-12(15-11)16-2/h4,6-7,10,14H,3,5,8-9H2,1-2H3. The molecule has 90 valence electrons. The molecular weight excluding hydrogens is 224 g/mol. The predicted octanol–water partition coefficient (Wildman–Crippen LogP) is 2.59. The SMILES string of the molecule is CCCC(Cl)CNCc1cccc(OC)n1. The van der Waals surface area contributed by atoms with Crippen LogP contribution in [-0.2, 0) is 6.54 Å². The van der Waals surface area contributed by atoms with E-state index in [2.05, 4.69) is 17.2 Å². The first-order chi connectivity index (χ1) is 7.76. The van der Waals surface area contributed by atoms with Crippen molar-refractivity contribution < 1.29 is 4.74 Å². The fourth-order valence-corrected chi connectivity index (χ4v) is 1.77. The molecule has 16 heavy (non-hydrogen) atoms. The number of hydrogen-bond acceptors (Lipinski definition) is 3. The second-order valence-corrected chi connectivity index (χ2v) is 4.31. The Morgan fingerprint density at radius 1 is 1.50 bits per heavy atom. The normalized spacial score (nSPS) is 12.4. The Morgan fingerprint density at radius 3 is 3.00 bits per heavy atom. The molecule has 0 aliphatic rings. The lowest BCUT2D eigenvalue weighted by Gasteiger charge is -2.09. The van der Waals surface area contributed by atoms with E-state index in [-0.39, 0.29) is 5.38 Å². The van der Waals surface area contributed by atoms with E-state index in [9.17, 15) is 0 Å². The maximum Gasteiger partial charge on any atom is 0.213 e. The van der Waals surface area contributed by atoms with Crippen molar-refractivity contribution in [2.45, 2.75) is 31.7 Å². The first kappa shape index (κ1) is 13.3. The molecule has 0 aromatic carbocycles. The Hall–Kier alpha value is -0.800. The fourth-order valence-electron chi connectivity index (χ4n) is 1.44. The van der Waals surface area contributed by atoms with E-state index in [1.54, 1.807) is 7.11 Å². The summed E-state index contributed by atoms with van der Waals surface area (Å²) >= 11 is 6.10. The number of alkyl halides is 1. The Balaban J connectivity index is 2.31. The lowest BCUT2D eigenvalue weighted by atomic mass is 10.2. The molecule has 4 heteroatoms. The van der Waals surface area contributed by atoms with Gasteiger partial charge in [-0.2, -0.15) is 0 Å². The van der Waals surface area contributed by atoms with Crippen molar-refractivity contribution in [1.82, 2.24) is 10.3 Å². The molecule has 1 heterocycles. The Labute approximate surface area is 102 Å². The van der Waals surface area contributed by atoms with Crippen molar-refractivity contribution in [1.29, 1.82) is 0 Å². The van der Waals surface area contributed by atoms with Gasteiger partial charge in [-0.1, -0.05) is 19.4 Å². The van der Waals surface area contributed by atoms with Crippen molar-refractivity contribution in [3.05, 3.63) is 23.9 Å². The van der Waals surface area contributed by atoms with E-state index in [1.807, 2.05) is 18.2 Å². The highest BCUT2D eigenvalue weighted by Crippen LogP contribution is 2.07. The molecule has 1 unspecified atom stereocenters. The Kier molecular flexibility index (Phi) is 6.19. The van der Waals surface area contributed by atoms with Gasteiger partial charge in [0.25, 0.3) is 0 Å². The average molecular weight is 243 g/mol. The first-order valence-corrected chi connectivity index (χ1v) is 6.04. The van der Waals surface area contributed by atoms with Gasteiger partial charge in [-0.3, -0.25) is 0 Å². The Morgan fingerprint density at radius 2 is 2.31 bits per heavy atom. The zero-order chi connectivity index (χ0) is 11.8. The molecule has 1 rings (SSSR count). The summed E-state index contributed by atoms with van der Waals surface area (Å²) in [4.78, 5) is 4.31. The second kappa shape index (κ2) is 7.47. The Bertz CT molecular complexity index is 307. The first-order valence-electron chi connectivity index (χ1n) is 5.61. The number of aromatic nitrogens is 1. The number of ether oxygens (including phenoxy) is 1. The monoisotopic (exact) mass is 242 g/mol. The molecule has 0 saturated carbocycles. The number of nitrogens with zero attached hydrogens (tertiary/aromatic N) is 1. The van der Waals surface area contributed by atoms with Crippen molar-refractivity contribution in [2.24, 2.45) is 0 Å². The van der Waals surface area contributed by atoms with Gasteiger partial charge >= 0.3 is 0 Å². The van der Waals surface area contributed by atoms with Gasteiger partial charge in [-0.15, -0.1) is 11.6 Å². The van der Waals surface area contributed by atoms with Gasteiger partial charge in [0.2, 0.25) is 5.88 Å². The maximum absolute atomic E-state index is 6.10. The van der Waals surface area contributed by atoms with Crippen LogP contribution in [0.15, 0.2) is 18.2 Å². The smallest absolute Gasteiger partial charge is 0.213 e. The molecule has 1 N–H and O–H groups in total. The minimum atomic E-state index is 0.204. The van der Waals surface area contributed by atoms with Gasteiger partial charge in [-0.05, 0) is 12.5 Å². The highest BCUT2D eigenvalue weighted by atomic mass is 35.5. The maximum atomic E-state index is 6.10. The third-order valence-electron chi connectivity index (χ3n) is 2.26. The average Bonchev–Trinajstić information content (AvgIpc) is 2.30. The topological polar surface area (TPSA) is 34.1 Å². The lowest BCUT2D eigenvalue weighted by molar-refractivity contribution is 0.395. The van der Waals surface area contributed by atoms with E-state index < -0.39 is 0 Å². The summed E-state index contributed by atoms with van der Waals surface area (Å²) in [5, 5.41) is 3.49. The van der Waals surface area contributed by atoms with Crippen LogP contribution in [0, 0.1) is 0 Å². The van der Waals surface area contributed by atoms with E-state index in [4.69, 9.17) is 16.3 Å². The molecule has 1 atom stereocenters. The molecule has 3 nitrogen and oxygen atoms in total. The molecule has 0 radical (unpaired) electrons. The van der Waals surface area contributed by atoms with Crippen LogP contribution < -0.4 is 10.1 Å². The van der Waals surface area contributed by atoms with Crippen LogP contribution in [-0.4, -0.2) is 24.0 Å². The molecule has 1 aromatic rings. The van der Waals surface area contributed by atoms with Crippen LogP contribution in [0.1, 0.15) is 25.5 Å². The van der Waals surface area contributed by atoms with Gasteiger partial charge in [0.05, 0.1) is 12.8 Å². The van der Waals surface area contributed by atoms with Gasteiger partial charge in [0.1, 0.15) is 0 Å². The number of hydrogen-bond donors (Lipinski definition) is 1. The lowest BCUT2D eigenvalue weighted by Crippen LogP contribution is -2.23. The quantitative estimate of drug-likeness (QED) is 0.747. The van der Waals surface area contributed by atoms with Crippen LogP contribution >= 0.6 is 11.6 Å². The van der Waals surface area contributed by atoms with Crippen LogP contribution in [0.2, 0.25) is 0 Å². The molecule has 0 amide bonds. The summed E-state index contributed by atoms with van der Waals surface area (Å²) in [6.07, 6.45) is 2.16. The molecule has 0 bridgehead atoms. The van der Waals surface area contributed by atoms with Crippen molar-refractivity contribution >= 4 is 11.6 Å². The third kappa shape index (κ3) is 4.81. The predicted molar refractivity (Wildman–Crippen MR) is 67.0 cm³/mol. The number of rotatable bonds is 7. The molecule has 0 spiro atoms.